The number of likely N-dealkylation sites (tertiary alicyclic amines) is 1. The van der Waals surface area contributed by atoms with Crippen molar-refractivity contribution in [2.24, 2.45) is 17.8 Å². The van der Waals surface area contributed by atoms with Gasteiger partial charge in [0.2, 0.25) is 0 Å². The van der Waals surface area contributed by atoms with Crippen LogP contribution in [0, 0.1) is 17.8 Å². The van der Waals surface area contributed by atoms with Crippen LogP contribution in [0.4, 0.5) is 4.79 Å². The number of hydrogen-bond donors (Lipinski definition) is 0. The first-order valence-corrected chi connectivity index (χ1v) is 5.48. The van der Waals surface area contributed by atoms with Crippen molar-refractivity contribution >= 4 is 6.09 Å². The van der Waals surface area contributed by atoms with E-state index in [-0.39, 0.29) is 6.09 Å². The fraction of sp³-hybridized carbons (Fsp3) is 0.909. The second-order valence-electron chi connectivity index (χ2n) is 4.49. The van der Waals surface area contributed by atoms with Crippen LogP contribution in [-0.2, 0) is 4.74 Å². The minimum Gasteiger partial charge on any atom is -0.450 e. The maximum Gasteiger partial charge on any atom is 0.409 e. The number of ether oxygens (including phenoxy) is 1. The van der Waals surface area contributed by atoms with E-state index < -0.39 is 0 Å². The van der Waals surface area contributed by atoms with Crippen LogP contribution in [0.2, 0.25) is 0 Å². The fourth-order valence-corrected chi connectivity index (χ4v) is 2.22. The quantitative estimate of drug-likeness (QED) is 0.683. The van der Waals surface area contributed by atoms with E-state index in [0.717, 1.165) is 13.1 Å². The fourth-order valence-electron chi connectivity index (χ4n) is 2.22. The highest BCUT2D eigenvalue weighted by atomic mass is 16.6. The summed E-state index contributed by atoms with van der Waals surface area (Å²) in [4.78, 5) is 13.3. The summed E-state index contributed by atoms with van der Waals surface area (Å²) in [6.07, 6.45) is -0.150. The Labute approximate surface area is 86.4 Å². The van der Waals surface area contributed by atoms with Gasteiger partial charge in [-0.2, -0.15) is 0 Å². The topological polar surface area (TPSA) is 29.5 Å². The zero-order chi connectivity index (χ0) is 10.7. The molecule has 1 aliphatic rings. The van der Waals surface area contributed by atoms with Gasteiger partial charge in [-0.1, -0.05) is 20.8 Å². The molecule has 0 radical (unpaired) electrons. The summed E-state index contributed by atoms with van der Waals surface area (Å²) in [6, 6.07) is 0. The van der Waals surface area contributed by atoms with Crippen LogP contribution < -0.4 is 0 Å². The highest BCUT2D eigenvalue weighted by molar-refractivity contribution is 5.68. The van der Waals surface area contributed by atoms with Crippen LogP contribution in [0.1, 0.15) is 27.7 Å². The maximum atomic E-state index is 11.5. The Hall–Kier alpha value is -0.730. The van der Waals surface area contributed by atoms with Gasteiger partial charge in [0.05, 0.1) is 6.61 Å². The molecular weight excluding hydrogens is 178 g/mol. The van der Waals surface area contributed by atoms with Crippen LogP contribution in [-0.4, -0.2) is 30.7 Å². The molecule has 1 fully saturated rings. The monoisotopic (exact) mass is 199 g/mol. The lowest BCUT2D eigenvalue weighted by Gasteiger charge is -2.18. The van der Waals surface area contributed by atoms with Gasteiger partial charge < -0.3 is 9.64 Å². The second-order valence-corrected chi connectivity index (χ2v) is 4.49. The highest BCUT2D eigenvalue weighted by Gasteiger charge is 2.34. The van der Waals surface area contributed by atoms with E-state index in [9.17, 15) is 4.79 Å². The molecule has 0 spiro atoms. The smallest absolute Gasteiger partial charge is 0.409 e. The minimum atomic E-state index is -0.150. The molecule has 0 aromatic heterocycles. The molecule has 0 aromatic carbocycles. The molecule has 0 N–H and O–H groups in total. The Morgan fingerprint density at radius 1 is 1.50 bits per heavy atom. The van der Waals surface area contributed by atoms with Crippen LogP contribution in [0.3, 0.4) is 0 Å². The van der Waals surface area contributed by atoms with E-state index in [1.54, 1.807) is 0 Å². The van der Waals surface area contributed by atoms with Crippen molar-refractivity contribution < 1.29 is 9.53 Å². The van der Waals surface area contributed by atoms with Crippen molar-refractivity contribution in [3.05, 3.63) is 0 Å². The summed E-state index contributed by atoms with van der Waals surface area (Å²) in [5.74, 6) is 1.86. The molecule has 0 saturated carbocycles. The molecule has 3 nitrogen and oxygen atoms in total. The third kappa shape index (κ3) is 2.40. The third-order valence-corrected chi connectivity index (χ3v) is 3.05. The minimum absolute atomic E-state index is 0.150. The summed E-state index contributed by atoms with van der Waals surface area (Å²) in [7, 11) is 0. The zero-order valence-corrected chi connectivity index (χ0v) is 9.62. The van der Waals surface area contributed by atoms with E-state index in [4.69, 9.17) is 4.74 Å². The van der Waals surface area contributed by atoms with E-state index in [1.165, 1.54) is 0 Å². The average Bonchev–Trinajstić information content (AvgIpc) is 2.48. The summed E-state index contributed by atoms with van der Waals surface area (Å²) in [5.41, 5.74) is 0. The van der Waals surface area contributed by atoms with Crippen LogP contribution >= 0.6 is 0 Å². The predicted molar refractivity (Wildman–Crippen MR) is 56.1 cm³/mol. The Balaban J connectivity index is 2.50. The van der Waals surface area contributed by atoms with Crippen molar-refractivity contribution in [3.8, 4) is 0 Å². The first-order chi connectivity index (χ1) is 6.56. The molecule has 1 aliphatic heterocycles. The van der Waals surface area contributed by atoms with E-state index >= 15 is 0 Å². The second kappa shape index (κ2) is 4.67. The summed E-state index contributed by atoms with van der Waals surface area (Å²) < 4.78 is 4.99. The largest absolute Gasteiger partial charge is 0.450 e. The molecule has 14 heavy (non-hydrogen) atoms. The molecule has 0 aromatic rings. The van der Waals surface area contributed by atoms with Crippen molar-refractivity contribution in [1.82, 2.24) is 4.90 Å². The summed E-state index contributed by atoms with van der Waals surface area (Å²) in [6.45, 7) is 10.7. The van der Waals surface area contributed by atoms with Gasteiger partial charge in [-0.05, 0) is 24.7 Å². The molecule has 0 aliphatic carbocycles. The van der Waals surface area contributed by atoms with Gasteiger partial charge >= 0.3 is 6.09 Å². The lowest BCUT2D eigenvalue weighted by molar-refractivity contribution is 0.113. The van der Waals surface area contributed by atoms with Crippen LogP contribution in [0.25, 0.3) is 0 Å². The summed E-state index contributed by atoms with van der Waals surface area (Å²) >= 11 is 0. The van der Waals surface area contributed by atoms with Gasteiger partial charge in [0.15, 0.2) is 0 Å². The number of hydrogen-bond acceptors (Lipinski definition) is 2. The van der Waals surface area contributed by atoms with Crippen LogP contribution in [0.5, 0.6) is 0 Å². The normalized spacial score (nSPS) is 27.1. The molecule has 0 bridgehead atoms. The van der Waals surface area contributed by atoms with E-state index in [1.807, 2.05) is 11.8 Å². The van der Waals surface area contributed by atoms with Gasteiger partial charge in [-0.25, -0.2) is 4.79 Å². The first kappa shape index (κ1) is 11.3. The van der Waals surface area contributed by atoms with Gasteiger partial charge in [0.25, 0.3) is 0 Å². The lowest BCUT2D eigenvalue weighted by Crippen LogP contribution is -2.30. The molecule has 3 heteroatoms. The first-order valence-electron chi connectivity index (χ1n) is 5.48. The average molecular weight is 199 g/mol. The SMILES string of the molecule is CCOC(=O)N1CC(C)C(C(C)C)C1. The number of carbonyl (C=O) groups is 1. The third-order valence-electron chi connectivity index (χ3n) is 3.05. The van der Waals surface area contributed by atoms with Crippen molar-refractivity contribution in [1.29, 1.82) is 0 Å². The van der Waals surface area contributed by atoms with Crippen molar-refractivity contribution in [2.75, 3.05) is 19.7 Å². The number of nitrogens with zero attached hydrogens (tertiary/aromatic N) is 1. The standard InChI is InChI=1S/C11H21NO2/c1-5-14-11(13)12-6-9(4)10(7-12)8(2)3/h8-10H,5-7H2,1-4H3. The Morgan fingerprint density at radius 2 is 2.14 bits per heavy atom. The Bertz CT molecular complexity index is 203. The number of carbonyl (C=O) groups excluding carboxylic acids is 1. The number of amides is 1. The maximum absolute atomic E-state index is 11.5. The molecule has 1 saturated heterocycles. The Kier molecular flexibility index (Phi) is 3.78. The molecule has 1 heterocycles. The Morgan fingerprint density at radius 3 is 2.57 bits per heavy atom. The van der Waals surface area contributed by atoms with Crippen molar-refractivity contribution in [3.63, 3.8) is 0 Å². The van der Waals surface area contributed by atoms with Gasteiger partial charge in [0.1, 0.15) is 0 Å². The molecule has 1 amide bonds. The zero-order valence-electron chi connectivity index (χ0n) is 9.62. The molecule has 2 atom stereocenters. The van der Waals surface area contributed by atoms with Crippen LogP contribution in [0.15, 0.2) is 0 Å². The lowest BCUT2D eigenvalue weighted by atomic mass is 9.88. The molecular formula is C11H21NO2. The molecule has 82 valence electrons. The van der Waals surface area contributed by atoms with Gasteiger partial charge in [-0.3, -0.25) is 0 Å². The highest BCUT2D eigenvalue weighted by Crippen LogP contribution is 2.29. The predicted octanol–water partition coefficient (Wildman–Crippen LogP) is 2.37. The van der Waals surface area contributed by atoms with E-state index in [2.05, 4.69) is 20.8 Å². The molecule has 2 unspecified atom stereocenters. The summed E-state index contributed by atoms with van der Waals surface area (Å²) in [5, 5.41) is 0. The van der Waals surface area contributed by atoms with Crippen molar-refractivity contribution in [2.45, 2.75) is 27.7 Å². The van der Waals surface area contributed by atoms with E-state index in [0.29, 0.717) is 24.4 Å². The molecule has 1 rings (SSSR count). The number of rotatable bonds is 2. The van der Waals surface area contributed by atoms with Gasteiger partial charge in [-0.15, -0.1) is 0 Å². The van der Waals surface area contributed by atoms with Gasteiger partial charge in [0, 0.05) is 13.1 Å².